The second kappa shape index (κ2) is 6.88. The molecule has 2 N–H and O–H groups in total. The van der Waals surface area contributed by atoms with Gasteiger partial charge in [0, 0.05) is 42.0 Å². The van der Waals surface area contributed by atoms with Crippen molar-refractivity contribution in [1.29, 1.82) is 0 Å². The molecule has 0 bridgehead atoms. The zero-order chi connectivity index (χ0) is 20.1. The van der Waals surface area contributed by atoms with E-state index in [4.69, 9.17) is 9.47 Å². The number of ether oxygens (including phenoxy) is 2. The first-order valence-electron chi connectivity index (χ1n) is 10.1. The second-order valence-corrected chi connectivity index (χ2v) is 8.10. The zero-order valence-corrected chi connectivity index (χ0v) is 16.5. The minimum absolute atomic E-state index is 0.0314. The number of fused-ring (bicyclic) bond motifs is 2. The van der Waals surface area contributed by atoms with E-state index in [2.05, 4.69) is 22.8 Å². The van der Waals surface area contributed by atoms with Crippen molar-refractivity contribution >= 4 is 11.8 Å². The molecule has 0 unspecified atom stereocenters. The number of carbonyl (C=O) groups is 2. The van der Waals surface area contributed by atoms with Crippen LogP contribution in [-0.2, 0) is 4.74 Å². The number of benzene rings is 2. The van der Waals surface area contributed by atoms with Gasteiger partial charge in [0.15, 0.2) is 0 Å². The predicted octanol–water partition coefficient (Wildman–Crippen LogP) is 2.33. The van der Waals surface area contributed by atoms with Crippen LogP contribution in [0.25, 0.3) is 0 Å². The Bertz CT molecular complexity index is 964. The minimum atomic E-state index is -0.256. The highest BCUT2D eigenvalue weighted by atomic mass is 16.5. The molecule has 2 heterocycles. The fraction of sp³-hybridized carbons (Fsp3) is 0.391. The van der Waals surface area contributed by atoms with Gasteiger partial charge in [-0.1, -0.05) is 30.3 Å². The summed E-state index contributed by atoms with van der Waals surface area (Å²) in [6.07, 6.45) is -0.131. The Morgan fingerprint density at radius 1 is 1.03 bits per heavy atom. The molecular formula is C23H24N2O4. The third-order valence-corrected chi connectivity index (χ3v) is 6.37. The van der Waals surface area contributed by atoms with E-state index in [1.165, 1.54) is 0 Å². The smallest absolute Gasteiger partial charge is 0.254 e. The molecule has 0 aromatic heterocycles. The predicted molar refractivity (Wildman–Crippen MR) is 107 cm³/mol. The number of nitrogens with one attached hydrogen (secondary N) is 2. The molecule has 6 heteroatoms. The molecular weight excluding hydrogens is 368 g/mol. The van der Waals surface area contributed by atoms with Crippen LogP contribution in [0.1, 0.15) is 44.7 Å². The van der Waals surface area contributed by atoms with Gasteiger partial charge in [0.05, 0.1) is 18.8 Å². The summed E-state index contributed by atoms with van der Waals surface area (Å²) in [5.41, 5.74) is 2.88. The Morgan fingerprint density at radius 2 is 1.76 bits per heavy atom. The first-order chi connectivity index (χ1) is 14.1. The topological polar surface area (TPSA) is 76.7 Å². The van der Waals surface area contributed by atoms with Gasteiger partial charge in [0.1, 0.15) is 11.9 Å². The molecule has 5 rings (SSSR count). The summed E-state index contributed by atoms with van der Waals surface area (Å²) in [6, 6.07) is 13.8. The van der Waals surface area contributed by atoms with Gasteiger partial charge >= 0.3 is 0 Å². The zero-order valence-electron chi connectivity index (χ0n) is 16.5. The second-order valence-electron chi connectivity index (χ2n) is 8.10. The van der Waals surface area contributed by atoms with Crippen LogP contribution in [0.15, 0.2) is 42.5 Å². The van der Waals surface area contributed by atoms with Crippen molar-refractivity contribution in [2.75, 3.05) is 20.3 Å². The normalized spacial score (nSPS) is 28.8. The van der Waals surface area contributed by atoms with Crippen molar-refractivity contribution in [3.05, 3.63) is 64.7 Å². The summed E-state index contributed by atoms with van der Waals surface area (Å²) in [5.74, 6) is 0.978. The van der Waals surface area contributed by atoms with E-state index in [9.17, 15) is 9.59 Å². The molecule has 3 aliphatic rings. The van der Waals surface area contributed by atoms with Gasteiger partial charge in [-0.05, 0) is 24.6 Å². The fourth-order valence-electron chi connectivity index (χ4n) is 4.75. The third kappa shape index (κ3) is 2.99. The summed E-state index contributed by atoms with van der Waals surface area (Å²) in [4.78, 5) is 25.5. The maximum atomic E-state index is 13.0. The van der Waals surface area contributed by atoms with Gasteiger partial charge < -0.3 is 20.1 Å². The number of carbonyl (C=O) groups excluding carboxylic acids is 2. The molecule has 2 fully saturated rings. The van der Waals surface area contributed by atoms with Crippen molar-refractivity contribution in [2.45, 2.75) is 25.0 Å². The maximum absolute atomic E-state index is 13.0. The molecule has 2 aliphatic heterocycles. The van der Waals surface area contributed by atoms with Gasteiger partial charge in [0.25, 0.3) is 11.8 Å². The summed E-state index contributed by atoms with van der Waals surface area (Å²) >= 11 is 0. The average Bonchev–Trinajstić information content (AvgIpc) is 3.08. The van der Waals surface area contributed by atoms with Crippen LogP contribution < -0.4 is 15.4 Å². The van der Waals surface area contributed by atoms with Crippen molar-refractivity contribution in [1.82, 2.24) is 10.6 Å². The number of amides is 2. The highest BCUT2D eigenvalue weighted by Gasteiger charge is 2.54. The lowest BCUT2D eigenvalue weighted by molar-refractivity contribution is 0.0929. The lowest BCUT2D eigenvalue weighted by atomic mass is 9.87. The van der Waals surface area contributed by atoms with E-state index in [0.717, 1.165) is 11.1 Å². The standard InChI is InChI=1S/C23H24N2O4/c1-12-19(13-6-4-3-5-7-13)15-8-14(9-16(21(15)29-12)23(27)24-2)22(26)25-20-17-10-28-11-18(17)20/h3-9,12,17-20H,10-11H2,1-2H3,(H,24,27)(H,25,26)/t12-,17-,18+,19+,20+/m1/s1. The number of hydrogen-bond donors (Lipinski definition) is 2. The fourth-order valence-corrected chi connectivity index (χ4v) is 4.75. The van der Waals surface area contributed by atoms with Crippen LogP contribution in [0, 0.1) is 11.8 Å². The Kier molecular flexibility index (Phi) is 4.32. The monoisotopic (exact) mass is 392 g/mol. The number of rotatable bonds is 4. The summed E-state index contributed by atoms with van der Waals surface area (Å²) in [6.45, 7) is 3.42. The first-order valence-corrected chi connectivity index (χ1v) is 10.1. The van der Waals surface area contributed by atoms with Crippen LogP contribution >= 0.6 is 0 Å². The van der Waals surface area contributed by atoms with Crippen LogP contribution in [0.4, 0.5) is 0 Å². The Hall–Kier alpha value is -2.86. The largest absolute Gasteiger partial charge is 0.489 e. The van der Waals surface area contributed by atoms with E-state index in [-0.39, 0.29) is 29.9 Å². The quantitative estimate of drug-likeness (QED) is 0.837. The molecule has 29 heavy (non-hydrogen) atoms. The van der Waals surface area contributed by atoms with Gasteiger partial charge in [-0.3, -0.25) is 9.59 Å². The van der Waals surface area contributed by atoms with Gasteiger partial charge in [-0.15, -0.1) is 0 Å². The molecule has 2 aromatic rings. The lowest BCUT2D eigenvalue weighted by Crippen LogP contribution is -2.30. The van der Waals surface area contributed by atoms with E-state index in [1.807, 2.05) is 31.2 Å². The van der Waals surface area contributed by atoms with Gasteiger partial charge in [-0.2, -0.15) is 0 Å². The first kappa shape index (κ1) is 18.2. The van der Waals surface area contributed by atoms with E-state index in [0.29, 0.717) is 41.9 Å². The number of hydrogen-bond acceptors (Lipinski definition) is 4. The highest BCUT2D eigenvalue weighted by molar-refractivity contribution is 6.02. The summed E-state index contributed by atoms with van der Waals surface area (Å²) in [5, 5.41) is 5.79. The van der Waals surface area contributed by atoms with Crippen LogP contribution in [0.5, 0.6) is 5.75 Å². The van der Waals surface area contributed by atoms with Crippen molar-refractivity contribution in [3.63, 3.8) is 0 Å². The molecule has 0 spiro atoms. The molecule has 150 valence electrons. The third-order valence-electron chi connectivity index (χ3n) is 6.37. The average molecular weight is 392 g/mol. The molecule has 0 radical (unpaired) electrons. The molecule has 5 atom stereocenters. The minimum Gasteiger partial charge on any atom is -0.489 e. The summed E-state index contributed by atoms with van der Waals surface area (Å²) in [7, 11) is 1.58. The van der Waals surface area contributed by atoms with Crippen LogP contribution in [-0.4, -0.2) is 44.2 Å². The lowest BCUT2D eigenvalue weighted by Gasteiger charge is -2.15. The van der Waals surface area contributed by atoms with Crippen molar-refractivity contribution in [3.8, 4) is 5.75 Å². The molecule has 2 amide bonds. The molecule has 1 saturated heterocycles. The SMILES string of the molecule is CNC(=O)c1cc(C(=O)N[C@H]2[C@@H]3COC[C@@H]32)cc2c1O[C@H](C)[C@H]2c1ccccc1. The van der Waals surface area contributed by atoms with Crippen LogP contribution in [0.2, 0.25) is 0 Å². The van der Waals surface area contributed by atoms with Crippen LogP contribution in [0.3, 0.4) is 0 Å². The van der Waals surface area contributed by atoms with E-state index < -0.39 is 0 Å². The van der Waals surface area contributed by atoms with E-state index in [1.54, 1.807) is 13.1 Å². The molecule has 2 aromatic carbocycles. The molecule has 1 saturated carbocycles. The molecule has 6 nitrogen and oxygen atoms in total. The maximum Gasteiger partial charge on any atom is 0.254 e. The van der Waals surface area contributed by atoms with Gasteiger partial charge in [0.2, 0.25) is 0 Å². The Morgan fingerprint density at radius 3 is 2.45 bits per heavy atom. The molecule has 1 aliphatic carbocycles. The summed E-state index contributed by atoms with van der Waals surface area (Å²) < 4.78 is 11.5. The Labute approximate surface area is 169 Å². The van der Waals surface area contributed by atoms with Gasteiger partial charge in [-0.25, -0.2) is 0 Å². The van der Waals surface area contributed by atoms with E-state index >= 15 is 0 Å². The highest BCUT2D eigenvalue weighted by Crippen LogP contribution is 2.46. The van der Waals surface area contributed by atoms with Crippen molar-refractivity contribution < 1.29 is 19.1 Å². The Balaban J connectivity index is 1.53. The van der Waals surface area contributed by atoms with Crippen molar-refractivity contribution in [2.24, 2.45) is 11.8 Å².